The second-order valence-corrected chi connectivity index (χ2v) is 6.83. The van der Waals surface area contributed by atoms with Crippen LogP contribution < -0.4 is 0 Å². The van der Waals surface area contributed by atoms with Crippen molar-refractivity contribution in [2.75, 3.05) is 20.3 Å². The van der Waals surface area contributed by atoms with E-state index in [9.17, 15) is 19.1 Å². The summed E-state index contributed by atoms with van der Waals surface area (Å²) in [6.07, 6.45) is 0. The monoisotopic (exact) mass is 383 g/mol. The third kappa shape index (κ3) is 3.43. The minimum absolute atomic E-state index is 0.101. The molecular weight excluding hydrogens is 361 g/mol. The molecule has 1 unspecified atom stereocenters. The van der Waals surface area contributed by atoms with Crippen LogP contribution >= 0.6 is 0 Å². The van der Waals surface area contributed by atoms with Crippen molar-refractivity contribution in [2.45, 2.75) is 19.9 Å². The van der Waals surface area contributed by atoms with E-state index >= 15 is 0 Å². The van der Waals surface area contributed by atoms with Crippen LogP contribution in [0.1, 0.15) is 28.3 Å². The zero-order valence-electron chi connectivity index (χ0n) is 16.0. The van der Waals surface area contributed by atoms with Gasteiger partial charge in [0, 0.05) is 24.8 Å². The van der Waals surface area contributed by atoms with Crippen molar-refractivity contribution in [3.05, 3.63) is 76.1 Å². The van der Waals surface area contributed by atoms with Gasteiger partial charge in [0.05, 0.1) is 18.2 Å². The van der Waals surface area contributed by atoms with Gasteiger partial charge in [-0.05, 0) is 31.5 Å². The molecule has 0 spiro atoms. The summed E-state index contributed by atoms with van der Waals surface area (Å²) in [5.74, 6) is -2.46. The zero-order chi connectivity index (χ0) is 20.4. The lowest BCUT2D eigenvalue weighted by Crippen LogP contribution is -2.33. The SMILES string of the molecule is COCCN1C(=O)C(=O)C(=C(O)c2cc(C)ccc2C)C1c1ccccc1F. The molecular formula is C22H22FNO4. The fourth-order valence-corrected chi connectivity index (χ4v) is 3.46. The molecule has 1 aliphatic heterocycles. The Morgan fingerprint density at radius 3 is 2.57 bits per heavy atom. The highest BCUT2D eigenvalue weighted by Crippen LogP contribution is 2.40. The van der Waals surface area contributed by atoms with Gasteiger partial charge in [-0.3, -0.25) is 9.59 Å². The number of carbonyl (C=O) groups is 2. The van der Waals surface area contributed by atoms with Gasteiger partial charge < -0.3 is 14.7 Å². The second kappa shape index (κ2) is 7.94. The Balaban J connectivity index is 2.24. The number of aryl methyl sites for hydroxylation is 2. The van der Waals surface area contributed by atoms with E-state index in [4.69, 9.17) is 4.74 Å². The molecule has 1 aliphatic rings. The number of aliphatic hydroxyl groups excluding tert-OH is 1. The predicted octanol–water partition coefficient (Wildman–Crippen LogP) is 3.51. The van der Waals surface area contributed by atoms with Crippen molar-refractivity contribution in [2.24, 2.45) is 0 Å². The van der Waals surface area contributed by atoms with Gasteiger partial charge in [0.25, 0.3) is 11.7 Å². The quantitative estimate of drug-likeness (QED) is 0.487. The van der Waals surface area contributed by atoms with Crippen LogP contribution in [-0.2, 0) is 14.3 Å². The van der Waals surface area contributed by atoms with Crippen LogP contribution in [0.5, 0.6) is 0 Å². The lowest BCUT2D eigenvalue weighted by atomic mass is 9.93. The number of ether oxygens (including phenoxy) is 1. The number of likely N-dealkylation sites (tertiary alicyclic amines) is 1. The maximum atomic E-state index is 14.6. The van der Waals surface area contributed by atoms with E-state index in [-0.39, 0.29) is 30.0 Å². The van der Waals surface area contributed by atoms with Crippen LogP contribution in [0.25, 0.3) is 5.76 Å². The van der Waals surface area contributed by atoms with Crippen molar-refractivity contribution in [1.29, 1.82) is 0 Å². The number of benzene rings is 2. The first-order valence-electron chi connectivity index (χ1n) is 8.96. The molecule has 5 nitrogen and oxygen atoms in total. The second-order valence-electron chi connectivity index (χ2n) is 6.83. The standard InChI is InChI=1S/C22H22FNO4/c1-13-8-9-14(2)16(12-13)20(25)18-19(15-6-4-5-7-17(15)23)24(10-11-28-3)22(27)21(18)26/h4-9,12,19,25H,10-11H2,1-3H3. The van der Waals surface area contributed by atoms with Gasteiger partial charge in [0.15, 0.2) is 0 Å². The third-order valence-electron chi connectivity index (χ3n) is 4.92. The van der Waals surface area contributed by atoms with Gasteiger partial charge in [-0.15, -0.1) is 0 Å². The lowest BCUT2D eigenvalue weighted by molar-refractivity contribution is -0.140. The summed E-state index contributed by atoms with van der Waals surface area (Å²) in [5.41, 5.74) is 2.14. The molecule has 0 radical (unpaired) electrons. The number of ketones is 1. The highest BCUT2D eigenvalue weighted by atomic mass is 19.1. The number of hydrogen-bond acceptors (Lipinski definition) is 4. The molecule has 3 rings (SSSR count). The predicted molar refractivity (Wildman–Crippen MR) is 103 cm³/mol. The fraction of sp³-hybridized carbons (Fsp3) is 0.273. The maximum absolute atomic E-state index is 14.6. The number of carbonyl (C=O) groups excluding carboxylic acids is 2. The van der Waals surface area contributed by atoms with Crippen LogP contribution in [-0.4, -0.2) is 42.0 Å². The topological polar surface area (TPSA) is 66.8 Å². The average Bonchev–Trinajstić information content (AvgIpc) is 2.92. The third-order valence-corrected chi connectivity index (χ3v) is 4.92. The number of methoxy groups -OCH3 is 1. The van der Waals surface area contributed by atoms with Gasteiger partial charge >= 0.3 is 0 Å². The summed E-state index contributed by atoms with van der Waals surface area (Å²) in [7, 11) is 1.48. The van der Waals surface area contributed by atoms with Crippen molar-refractivity contribution in [1.82, 2.24) is 4.90 Å². The van der Waals surface area contributed by atoms with E-state index in [0.29, 0.717) is 5.56 Å². The number of rotatable bonds is 5. The smallest absolute Gasteiger partial charge is 0.295 e. The van der Waals surface area contributed by atoms with E-state index < -0.39 is 23.5 Å². The van der Waals surface area contributed by atoms with Crippen LogP contribution in [0.2, 0.25) is 0 Å². The van der Waals surface area contributed by atoms with E-state index in [1.807, 2.05) is 19.1 Å². The van der Waals surface area contributed by atoms with E-state index in [0.717, 1.165) is 11.1 Å². The van der Waals surface area contributed by atoms with Crippen LogP contribution in [0.4, 0.5) is 4.39 Å². The number of halogens is 1. The van der Waals surface area contributed by atoms with E-state index in [2.05, 4.69) is 0 Å². The first-order valence-corrected chi connectivity index (χ1v) is 8.96. The number of amides is 1. The molecule has 146 valence electrons. The first kappa shape index (κ1) is 19.8. The Hall–Kier alpha value is -2.99. The Labute approximate surface area is 163 Å². The maximum Gasteiger partial charge on any atom is 0.295 e. The molecule has 1 N–H and O–H groups in total. The van der Waals surface area contributed by atoms with Gasteiger partial charge in [-0.2, -0.15) is 0 Å². The molecule has 1 heterocycles. The Morgan fingerprint density at radius 2 is 1.89 bits per heavy atom. The molecule has 1 saturated heterocycles. The van der Waals surface area contributed by atoms with Gasteiger partial charge in [0.1, 0.15) is 11.6 Å². The number of nitrogens with zero attached hydrogens (tertiary/aromatic N) is 1. The highest BCUT2D eigenvalue weighted by molar-refractivity contribution is 6.46. The molecule has 1 amide bonds. The first-order chi connectivity index (χ1) is 13.4. The van der Waals surface area contributed by atoms with E-state index in [1.54, 1.807) is 19.1 Å². The van der Waals surface area contributed by atoms with Gasteiger partial charge in [0.2, 0.25) is 0 Å². The molecule has 2 aromatic carbocycles. The molecule has 0 bridgehead atoms. The zero-order valence-corrected chi connectivity index (χ0v) is 16.0. The average molecular weight is 383 g/mol. The Morgan fingerprint density at radius 1 is 1.18 bits per heavy atom. The highest BCUT2D eigenvalue weighted by Gasteiger charge is 2.46. The molecule has 6 heteroatoms. The van der Waals surface area contributed by atoms with Gasteiger partial charge in [-0.1, -0.05) is 35.9 Å². The molecule has 1 fully saturated rings. The number of Topliss-reactive ketones (excluding diaryl/α,β-unsaturated/α-hetero) is 1. The Bertz CT molecular complexity index is 967. The summed E-state index contributed by atoms with van der Waals surface area (Å²) in [5, 5.41) is 11.0. The lowest BCUT2D eigenvalue weighted by Gasteiger charge is -2.25. The van der Waals surface area contributed by atoms with E-state index in [1.165, 1.54) is 30.2 Å². The van der Waals surface area contributed by atoms with Crippen molar-refractivity contribution < 1.29 is 23.8 Å². The molecule has 0 aliphatic carbocycles. The fourth-order valence-electron chi connectivity index (χ4n) is 3.46. The summed E-state index contributed by atoms with van der Waals surface area (Å²) in [6, 6.07) is 10.4. The molecule has 28 heavy (non-hydrogen) atoms. The summed E-state index contributed by atoms with van der Waals surface area (Å²) >= 11 is 0. The van der Waals surface area contributed by atoms with Crippen molar-refractivity contribution >= 4 is 17.4 Å². The normalized spacial score (nSPS) is 18.7. The summed E-state index contributed by atoms with van der Waals surface area (Å²) in [6.45, 7) is 3.94. The summed E-state index contributed by atoms with van der Waals surface area (Å²) < 4.78 is 19.6. The van der Waals surface area contributed by atoms with Crippen LogP contribution in [0.15, 0.2) is 48.0 Å². The van der Waals surface area contributed by atoms with Crippen molar-refractivity contribution in [3.8, 4) is 0 Å². The summed E-state index contributed by atoms with van der Waals surface area (Å²) in [4.78, 5) is 26.7. The molecule has 2 aromatic rings. The van der Waals surface area contributed by atoms with Crippen molar-refractivity contribution in [3.63, 3.8) is 0 Å². The Kier molecular flexibility index (Phi) is 5.61. The van der Waals surface area contributed by atoms with Crippen LogP contribution in [0.3, 0.4) is 0 Å². The largest absolute Gasteiger partial charge is 0.507 e. The molecule has 1 atom stereocenters. The van der Waals surface area contributed by atoms with Gasteiger partial charge in [-0.25, -0.2) is 4.39 Å². The number of hydrogen-bond donors (Lipinski definition) is 1. The molecule has 0 aromatic heterocycles. The molecule has 0 saturated carbocycles. The minimum atomic E-state index is -1.02. The number of aliphatic hydroxyl groups is 1. The minimum Gasteiger partial charge on any atom is -0.507 e. The van der Waals surface area contributed by atoms with Crippen LogP contribution in [0, 0.1) is 19.7 Å².